The number of benzene rings is 1. The maximum absolute atomic E-state index is 10.8. The summed E-state index contributed by atoms with van der Waals surface area (Å²) in [6, 6.07) is 4.53. The number of aromatic amines is 1. The first-order valence-corrected chi connectivity index (χ1v) is 6.50. The molecule has 0 atom stereocenters. The van der Waals surface area contributed by atoms with Gasteiger partial charge in [-0.05, 0) is 12.5 Å². The average molecular weight is 286 g/mol. The highest BCUT2D eigenvalue weighted by atomic mass is 16.6. The molecule has 2 heterocycles. The number of nitrogens with one attached hydrogen (secondary N) is 2. The first-order valence-electron chi connectivity index (χ1n) is 6.50. The summed E-state index contributed by atoms with van der Waals surface area (Å²) in [4.78, 5) is 17.7. The third-order valence-corrected chi connectivity index (χ3v) is 3.17. The summed E-state index contributed by atoms with van der Waals surface area (Å²) >= 11 is 0. The van der Waals surface area contributed by atoms with Crippen molar-refractivity contribution in [3.63, 3.8) is 0 Å². The van der Waals surface area contributed by atoms with Gasteiger partial charge >= 0.3 is 0 Å². The fourth-order valence-electron chi connectivity index (χ4n) is 2.20. The maximum atomic E-state index is 10.8. The molecule has 1 aromatic carbocycles. The number of H-pyrrole nitrogens is 1. The average Bonchev–Trinajstić information content (AvgIpc) is 3.00. The zero-order valence-electron chi connectivity index (χ0n) is 11.6. The maximum Gasteiger partial charge on any atom is 0.271 e. The van der Waals surface area contributed by atoms with Gasteiger partial charge in [0.1, 0.15) is 0 Å². The molecule has 3 rings (SSSR count). The van der Waals surface area contributed by atoms with E-state index < -0.39 is 4.92 Å². The van der Waals surface area contributed by atoms with Crippen molar-refractivity contribution in [2.75, 3.05) is 5.32 Å². The van der Waals surface area contributed by atoms with Crippen LogP contribution in [0.2, 0.25) is 0 Å². The van der Waals surface area contributed by atoms with E-state index in [0.717, 1.165) is 17.8 Å². The van der Waals surface area contributed by atoms with E-state index in [2.05, 4.69) is 20.4 Å². The van der Waals surface area contributed by atoms with Gasteiger partial charge in [0, 0.05) is 25.4 Å². The summed E-state index contributed by atoms with van der Waals surface area (Å²) in [7, 11) is 1.85. The number of aryl methyl sites for hydroxylation is 2. The minimum Gasteiger partial charge on any atom is -0.324 e. The Kier molecular flexibility index (Phi) is 3.05. The van der Waals surface area contributed by atoms with Crippen LogP contribution in [0.3, 0.4) is 0 Å². The topological polar surface area (TPSA) is 102 Å². The molecule has 0 radical (unpaired) electrons. The minimum atomic E-state index is -0.427. The quantitative estimate of drug-likeness (QED) is 0.566. The summed E-state index contributed by atoms with van der Waals surface area (Å²) in [6.07, 6.45) is 2.67. The molecule has 2 N–H and O–H groups in total. The fourth-order valence-corrected chi connectivity index (χ4v) is 2.20. The van der Waals surface area contributed by atoms with E-state index in [9.17, 15) is 10.1 Å². The molecule has 0 amide bonds. The van der Waals surface area contributed by atoms with Crippen molar-refractivity contribution in [1.29, 1.82) is 0 Å². The third kappa shape index (κ3) is 2.42. The lowest BCUT2D eigenvalue weighted by atomic mass is 10.3. The van der Waals surface area contributed by atoms with Gasteiger partial charge in [-0.25, -0.2) is 4.98 Å². The Morgan fingerprint density at radius 3 is 3.00 bits per heavy atom. The van der Waals surface area contributed by atoms with Gasteiger partial charge in [0.25, 0.3) is 5.69 Å². The largest absolute Gasteiger partial charge is 0.324 e. The van der Waals surface area contributed by atoms with E-state index in [1.165, 1.54) is 12.1 Å². The number of nitro benzene ring substituents is 1. The van der Waals surface area contributed by atoms with Crippen molar-refractivity contribution in [3.8, 4) is 0 Å². The van der Waals surface area contributed by atoms with Gasteiger partial charge < -0.3 is 10.3 Å². The molecule has 0 aliphatic heterocycles. The predicted molar refractivity (Wildman–Crippen MR) is 78.6 cm³/mol. The molecule has 8 heteroatoms. The SMILES string of the molecule is CCc1nn(C)cc1Nc1nc2ccc([N+](=O)[O-])cc2[nH]1. The molecule has 0 aliphatic rings. The smallest absolute Gasteiger partial charge is 0.271 e. The van der Waals surface area contributed by atoms with Gasteiger partial charge in [-0.3, -0.25) is 14.8 Å². The molecule has 3 aromatic rings. The molecule has 2 aromatic heterocycles. The number of nitro groups is 1. The number of non-ortho nitro benzene ring substituents is 1. The number of anilines is 2. The normalized spacial score (nSPS) is 11.0. The van der Waals surface area contributed by atoms with Gasteiger partial charge in [-0.2, -0.15) is 5.10 Å². The van der Waals surface area contributed by atoms with Crippen molar-refractivity contribution in [1.82, 2.24) is 19.7 Å². The Hall–Kier alpha value is -2.90. The van der Waals surface area contributed by atoms with Crippen molar-refractivity contribution in [2.45, 2.75) is 13.3 Å². The highest BCUT2D eigenvalue weighted by Gasteiger charge is 2.11. The van der Waals surface area contributed by atoms with E-state index in [1.54, 1.807) is 10.7 Å². The van der Waals surface area contributed by atoms with E-state index in [0.29, 0.717) is 17.0 Å². The molecule has 0 aliphatic carbocycles. The molecule has 0 saturated carbocycles. The third-order valence-electron chi connectivity index (χ3n) is 3.17. The molecule has 0 bridgehead atoms. The van der Waals surface area contributed by atoms with E-state index in [1.807, 2.05) is 20.2 Å². The Morgan fingerprint density at radius 2 is 2.29 bits per heavy atom. The second kappa shape index (κ2) is 4.89. The monoisotopic (exact) mass is 286 g/mol. The molecular weight excluding hydrogens is 272 g/mol. The molecule has 108 valence electrons. The number of hydrogen-bond donors (Lipinski definition) is 2. The zero-order chi connectivity index (χ0) is 15.0. The zero-order valence-corrected chi connectivity index (χ0v) is 11.6. The first kappa shape index (κ1) is 13.1. The van der Waals surface area contributed by atoms with Gasteiger partial charge in [0.2, 0.25) is 5.95 Å². The van der Waals surface area contributed by atoms with Crippen LogP contribution in [0.25, 0.3) is 11.0 Å². The number of rotatable bonds is 4. The lowest BCUT2D eigenvalue weighted by molar-refractivity contribution is -0.384. The van der Waals surface area contributed by atoms with E-state index in [4.69, 9.17) is 0 Å². The van der Waals surface area contributed by atoms with Crippen LogP contribution in [0.4, 0.5) is 17.3 Å². The Labute approximate surface area is 120 Å². The number of imidazole rings is 1. The number of nitrogens with zero attached hydrogens (tertiary/aromatic N) is 4. The minimum absolute atomic E-state index is 0.0355. The fraction of sp³-hybridized carbons (Fsp3) is 0.231. The van der Waals surface area contributed by atoms with Crippen molar-refractivity contribution < 1.29 is 4.92 Å². The van der Waals surface area contributed by atoms with Crippen LogP contribution in [0.15, 0.2) is 24.4 Å². The van der Waals surface area contributed by atoms with Crippen LogP contribution in [0.5, 0.6) is 0 Å². The molecular formula is C13H14N6O2. The van der Waals surface area contributed by atoms with Crippen LogP contribution < -0.4 is 5.32 Å². The van der Waals surface area contributed by atoms with Crippen molar-refractivity contribution >= 4 is 28.4 Å². The molecule has 0 saturated heterocycles. The summed E-state index contributed by atoms with van der Waals surface area (Å²) in [5, 5.41) is 18.3. The summed E-state index contributed by atoms with van der Waals surface area (Å²) in [5.41, 5.74) is 3.13. The van der Waals surface area contributed by atoms with Gasteiger partial charge in [0.15, 0.2) is 0 Å². The van der Waals surface area contributed by atoms with Crippen molar-refractivity contribution in [2.24, 2.45) is 7.05 Å². The lowest BCUT2D eigenvalue weighted by Crippen LogP contribution is -1.94. The Morgan fingerprint density at radius 1 is 1.48 bits per heavy atom. The standard InChI is InChI=1S/C13H14N6O2/c1-3-9-12(7-18(2)17-9)16-13-14-10-5-4-8(19(20)21)6-11(10)15-13/h4-7H,3H2,1-2H3,(H2,14,15,16). The van der Waals surface area contributed by atoms with Crippen molar-refractivity contribution in [3.05, 3.63) is 40.2 Å². The van der Waals surface area contributed by atoms with Crippen LogP contribution in [-0.4, -0.2) is 24.7 Å². The summed E-state index contributed by atoms with van der Waals surface area (Å²) in [6.45, 7) is 2.02. The second-order valence-electron chi connectivity index (χ2n) is 4.69. The predicted octanol–water partition coefficient (Wildman–Crippen LogP) is 2.51. The van der Waals surface area contributed by atoms with Crippen LogP contribution in [-0.2, 0) is 13.5 Å². The Balaban J connectivity index is 1.95. The highest BCUT2D eigenvalue weighted by Crippen LogP contribution is 2.23. The van der Waals surface area contributed by atoms with Gasteiger partial charge in [0.05, 0.1) is 27.3 Å². The van der Waals surface area contributed by atoms with Crippen LogP contribution in [0.1, 0.15) is 12.6 Å². The summed E-state index contributed by atoms with van der Waals surface area (Å²) < 4.78 is 1.73. The lowest BCUT2D eigenvalue weighted by Gasteiger charge is -2.00. The summed E-state index contributed by atoms with van der Waals surface area (Å²) in [5.74, 6) is 0.535. The van der Waals surface area contributed by atoms with Gasteiger partial charge in [-0.15, -0.1) is 0 Å². The van der Waals surface area contributed by atoms with Gasteiger partial charge in [-0.1, -0.05) is 6.92 Å². The second-order valence-corrected chi connectivity index (χ2v) is 4.69. The first-order chi connectivity index (χ1) is 10.1. The Bertz CT molecular complexity index is 819. The molecule has 0 spiro atoms. The van der Waals surface area contributed by atoms with Crippen LogP contribution in [0, 0.1) is 10.1 Å². The highest BCUT2D eigenvalue weighted by molar-refractivity contribution is 5.80. The van der Waals surface area contributed by atoms with E-state index in [-0.39, 0.29) is 5.69 Å². The number of aromatic nitrogens is 4. The molecule has 21 heavy (non-hydrogen) atoms. The van der Waals surface area contributed by atoms with Crippen LogP contribution >= 0.6 is 0 Å². The molecule has 0 unspecified atom stereocenters. The molecule has 8 nitrogen and oxygen atoms in total. The molecule has 0 fully saturated rings. The van der Waals surface area contributed by atoms with E-state index >= 15 is 0 Å². The number of hydrogen-bond acceptors (Lipinski definition) is 5. The number of fused-ring (bicyclic) bond motifs is 1.